The zero-order valence-electron chi connectivity index (χ0n) is 19.7. The molecule has 0 saturated heterocycles. The molecule has 0 heterocycles. The number of ether oxygens (including phenoxy) is 2. The highest BCUT2D eigenvalue weighted by Crippen LogP contribution is 2.62. The van der Waals surface area contributed by atoms with Crippen LogP contribution in [0.5, 0.6) is 5.75 Å². The van der Waals surface area contributed by atoms with Gasteiger partial charge in [-0.3, -0.25) is 0 Å². The number of rotatable bonds is 5. The number of fused-ring (bicyclic) bond motifs is 1. The fraction of sp³-hybridized carbons (Fsp3) is 0.387. The SMILES string of the molecule is C#CCOc1ccc(-c2ccc3cc(C(=O)OC)ccc3c2)cc1C12CC3CC(CC(C3)C1)C2. The van der Waals surface area contributed by atoms with Crippen molar-refractivity contribution in [1.82, 2.24) is 0 Å². The molecule has 4 saturated carbocycles. The van der Waals surface area contributed by atoms with Crippen LogP contribution in [0.25, 0.3) is 21.9 Å². The minimum atomic E-state index is -0.311. The Morgan fingerprint density at radius 2 is 1.53 bits per heavy atom. The molecular weight excluding hydrogens is 420 g/mol. The first-order valence-corrected chi connectivity index (χ1v) is 12.4. The Morgan fingerprint density at radius 1 is 0.912 bits per heavy atom. The van der Waals surface area contributed by atoms with E-state index in [2.05, 4.69) is 42.3 Å². The highest BCUT2D eigenvalue weighted by Gasteiger charge is 2.52. The molecule has 3 heteroatoms. The van der Waals surface area contributed by atoms with Gasteiger partial charge in [0, 0.05) is 5.56 Å². The molecule has 3 aromatic carbocycles. The van der Waals surface area contributed by atoms with Crippen LogP contribution in [0.1, 0.15) is 54.4 Å². The van der Waals surface area contributed by atoms with Gasteiger partial charge in [0.25, 0.3) is 0 Å². The third-order valence-electron chi connectivity index (χ3n) is 8.49. The first kappa shape index (κ1) is 21.3. The van der Waals surface area contributed by atoms with Crippen molar-refractivity contribution >= 4 is 16.7 Å². The summed E-state index contributed by atoms with van der Waals surface area (Å²) in [7, 11) is 1.41. The number of hydrogen-bond acceptors (Lipinski definition) is 3. The number of terminal acetylenes is 1. The zero-order chi connectivity index (χ0) is 23.3. The third-order valence-corrected chi connectivity index (χ3v) is 8.49. The highest BCUT2D eigenvalue weighted by molar-refractivity contribution is 5.96. The average Bonchev–Trinajstić information content (AvgIpc) is 2.85. The van der Waals surface area contributed by atoms with Crippen LogP contribution in [0.2, 0.25) is 0 Å². The molecule has 7 rings (SSSR count). The molecule has 0 aromatic heterocycles. The summed E-state index contributed by atoms with van der Waals surface area (Å²) in [6.45, 7) is 0.303. The lowest BCUT2D eigenvalue weighted by atomic mass is 9.48. The van der Waals surface area contributed by atoms with E-state index < -0.39 is 0 Å². The third kappa shape index (κ3) is 3.57. The van der Waals surface area contributed by atoms with Gasteiger partial charge in [0.05, 0.1) is 12.7 Å². The predicted octanol–water partition coefficient (Wildman–Crippen LogP) is 6.77. The van der Waals surface area contributed by atoms with Crippen molar-refractivity contribution < 1.29 is 14.3 Å². The van der Waals surface area contributed by atoms with E-state index in [0.717, 1.165) is 34.3 Å². The number of hydrogen-bond donors (Lipinski definition) is 0. The molecule has 4 fully saturated rings. The second-order valence-electron chi connectivity index (χ2n) is 10.7. The van der Waals surface area contributed by atoms with Gasteiger partial charge in [-0.2, -0.15) is 0 Å². The van der Waals surface area contributed by atoms with Gasteiger partial charge < -0.3 is 9.47 Å². The molecule has 0 N–H and O–H groups in total. The van der Waals surface area contributed by atoms with Crippen molar-refractivity contribution in [2.75, 3.05) is 13.7 Å². The molecule has 4 aliphatic rings. The summed E-state index contributed by atoms with van der Waals surface area (Å²) < 4.78 is 11.0. The van der Waals surface area contributed by atoms with E-state index >= 15 is 0 Å². The first-order valence-electron chi connectivity index (χ1n) is 12.4. The summed E-state index contributed by atoms with van der Waals surface area (Å²) in [5.74, 6) is 5.88. The van der Waals surface area contributed by atoms with Crippen molar-refractivity contribution in [2.45, 2.75) is 43.9 Å². The van der Waals surface area contributed by atoms with E-state index in [4.69, 9.17) is 15.9 Å². The van der Waals surface area contributed by atoms with Crippen molar-refractivity contribution in [3.8, 4) is 29.2 Å². The molecule has 0 unspecified atom stereocenters. The molecule has 0 radical (unpaired) electrons. The van der Waals surface area contributed by atoms with Crippen LogP contribution < -0.4 is 4.74 Å². The van der Waals surface area contributed by atoms with Gasteiger partial charge in [-0.1, -0.05) is 30.2 Å². The Hall–Kier alpha value is -3.25. The lowest BCUT2D eigenvalue weighted by molar-refractivity contribution is -0.00624. The molecule has 4 bridgehead atoms. The van der Waals surface area contributed by atoms with E-state index in [1.807, 2.05) is 18.2 Å². The summed E-state index contributed by atoms with van der Waals surface area (Å²) in [6.07, 6.45) is 13.6. The van der Waals surface area contributed by atoms with E-state index in [0.29, 0.717) is 12.2 Å². The fourth-order valence-corrected chi connectivity index (χ4v) is 7.48. The summed E-state index contributed by atoms with van der Waals surface area (Å²) in [5.41, 5.74) is 4.54. The average molecular weight is 451 g/mol. The number of carbonyl (C=O) groups is 1. The summed E-state index contributed by atoms with van der Waals surface area (Å²) in [4.78, 5) is 11.9. The number of benzene rings is 3. The molecule has 0 spiro atoms. The Bertz CT molecular complexity index is 1280. The van der Waals surface area contributed by atoms with Crippen molar-refractivity contribution in [3.63, 3.8) is 0 Å². The monoisotopic (exact) mass is 450 g/mol. The minimum Gasteiger partial charge on any atom is -0.481 e. The lowest BCUT2D eigenvalue weighted by Crippen LogP contribution is -2.48. The summed E-state index contributed by atoms with van der Waals surface area (Å²) in [6, 6.07) is 18.8. The van der Waals surface area contributed by atoms with Crippen LogP contribution in [-0.4, -0.2) is 19.7 Å². The predicted molar refractivity (Wildman–Crippen MR) is 135 cm³/mol. The largest absolute Gasteiger partial charge is 0.481 e. The van der Waals surface area contributed by atoms with Gasteiger partial charge in [0.1, 0.15) is 12.4 Å². The van der Waals surface area contributed by atoms with Crippen molar-refractivity contribution in [1.29, 1.82) is 0 Å². The standard InChI is InChI=1S/C31H30O3/c1-3-10-34-29-9-8-26(16-28(29)31-17-20-11-21(18-31)13-22(12-20)19-31)24-4-5-25-15-27(30(32)33-2)7-6-23(25)14-24/h1,4-9,14-16,20-22H,10-13,17-19H2,2H3. The second kappa shape index (κ2) is 8.20. The number of esters is 1. The minimum absolute atomic E-state index is 0.223. The maximum Gasteiger partial charge on any atom is 0.337 e. The zero-order valence-corrected chi connectivity index (χ0v) is 19.7. The van der Waals surface area contributed by atoms with Gasteiger partial charge >= 0.3 is 5.97 Å². The second-order valence-corrected chi connectivity index (χ2v) is 10.7. The van der Waals surface area contributed by atoms with Crippen LogP contribution in [0.3, 0.4) is 0 Å². The van der Waals surface area contributed by atoms with Gasteiger partial charge in [-0.25, -0.2) is 4.79 Å². The Kier molecular flexibility index (Phi) is 5.14. The van der Waals surface area contributed by atoms with Crippen molar-refractivity contribution in [3.05, 3.63) is 65.7 Å². The Labute approximate surface area is 201 Å². The molecule has 172 valence electrons. The molecule has 3 nitrogen and oxygen atoms in total. The lowest BCUT2D eigenvalue weighted by Gasteiger charge is -2.57. The van der Waals surface area contributed by atoms with Crippen molar-refractivity contribution in [2.24, 2.45) is 17.8 Å². The summed E-state index contributed by atoms with van der Waals surface area (Å²) >= 11 is 0. The van der Waals surface area contributed by atoms with E-state index in [9.17, 15) is 4.79 Å². The van der Waals surface area contributed by atoms with Crippen LogP contribution in [0.4, 0.5) is 0 Å². The topological polar surface area (TPSA) is 35.5 Å². The maximum atomic E-state index is 11.9. The van der Waals surface area contributed by atoms with Gasteiger partial charge in [-0.05, 0) is 114 Å². The Morgan fingerprint density at radius 3 is 2.21 bits per heavy atom. The molecular formula is C31H30O3. The molecule has 0 aliphatic heterocycles. The Balaban J connectivity index is 1.41. The fourth-order valence-electron chi connectivity index (χ4n) is 7.48. The molecule has 34 heavy (non-hydrogen) atoms. The quantitative estimate of drug-likeness (QED) is 0.318. The van der Waals surface area contributed by atoms with Crippen LogP contribution in [0, 0.1) is 30.1 Å². The van der Waals surface area contributed by atoms with Gasteiger partial charge in [0.2, 0.25) is 0 Å². The van der Waals surface area contributed by atoms with E-state index in [1.54, 1.807) is 0 Å². The van der Waals surface area contributed by atoms with Crippen LogP contribution in [-0.2, 0) is 10.2 Å². The molecule has 3 aromatic rings. The molecule has 4 aliphatic carbocycles. The smallest absolute Gasteiger partial charge is 0.337 e. The maximum absolute atomic E-state index is 11.9. The molecule has 0 amide bonds. The first-order chi connectivity index (χ1) is 16.6. The van der Waals surface area contributed by atoms with Crippen LogP contribution >= 0.6 is 0 Å². The highest BCUT2D eigenvalue weighted by atomic mass is 16.5. The van der Waals surface area contributed by atoms with Gasteiger partial charge in [0.15, 0.2) is 0 Å². The van der Waals surface area contributed by atoms with E-state index in [-0.39, 0.29) is 11.4 Å². The normalized spacial score (nSPS) is 26.9. The molecule has 0 atom stereocenters. The number of methoxy groups -OCH3 is 1. The summed E-state index contributed by atoms with van der Waals surface area (Å²) in [5, 5.41) is 2.14. The van der Waals surface area contributed by atoms with Crippen LogP contribution in [0.15, 0.2) is 54.6 Å². The van der Waals surface area contributed by atoms with Gasteiger partial charge in [-0.15, -0.1) is 6.42 Å². The van der Waals surface area contributed by atoms with E-state index in [1.165, 1.54) is 62.3 Å². The number of carbonyl (C=O) groups excluding carboxylic acids is 1.